The lowest BCUT2D eigenvalue weighted by atomic mass is 10.0. The van der Waals surface area contributed by atoms with Crippen molar-refractivity contribution < 1.29 is 42.1 Å². The minimum atomic E-state index is -4.89. The number of nitrogens with zero attached hydrogens (tertiary/aromatic N) is 1. The number of para-hydroxylation sites is 1. The summed E-state index contributed by atoms with van der Waals surface area (Å²) in [5.74, 6) is -1.03. The molecule has 1 heterocycles. The second-order valence-electron chi connectivity index (χ2n) is 8.54. The average Bonchev–Trinajstić information content (AvgIpc) is 3.14. The number of carbonyl (C=O) groups excluding carboxylic acids is 1. The number of rotatable bonds is 9. The zero-order valence-electron chi connectivity index (χ0n) is 20.7. The molecule has 0 aliphatic heterocycles. The van der Waals surface area contributed by atoms with Crippen molar-refractivity contribution in [3.63, 3.8) is 0 Å². The molecule has 4 aromatic rings. The molecule has 0 bridgehead atoms. The topological polar surface area (TPSA) is 87.0 Å². The van der Waals surface area contributed by atoms with Gasteiger partial charge in [-0.25, -0.2) is 4.79 Å². The van der Waals surface area contributed by atoms with Gasteiger partial charge in [-0.05, 0) is 56.3 Å². The van der Waals surface area contributed by atoms with Crippen molar-refractivity contribution in [1.82, 2.24) is 4.57 Å². The van der Waals surface area contributed by atoms with Crippen molar-refractivity contribution in [3.05, 3.63) is 89.1 Å². The first-order valence-electron chi connectivity index (χ1n) is 11.5. The van der Waals surface area contributed by atoms with Crippen molar-refractivity contribution >= 4 is 22.7 Å². The number of fused-ring (bicyclic) bond motifs is 1. The number of carboxylic acid groups (broad SMARTS) is 1. The van der Waals surface area contributed by atoms with Gasteiger partial charge >= 0.3 is 12.3 Å². The molecule has 1 N–H and O–H groups in total. The zero-order chi connectivity index (χ0) is 27.6. The van der Waals surface area contributed by atoms with Crippen LogP contribution in [0.25, 0.3) is 10.9 Å². The Bertz CT molecular complexity index is 1490. The molecule has 1 atom stereocenters. The van der Waals surface area contributed by atoms with Crippen LogP contribution in [-0.2, 0) is 11.3 Å². The van der Waals surface area contributed by atoms with Crippen LogP contribution in [0.4, 0.5) is 13.2 Å². The maximum absolute atomic E-state index is 13.6. The van der Waals surface area contributed by atoms with Crippen LogP contribution >= 0.6 is 0 Å². The number of hydrogen-bond acceptors (Lipinski definition) is 5. The minimum Gasteiger partial charge on any atom is -0.497 e. The Hall–Kier alpha value is -4.47. The summed E-state index contributed by atoms with van der Waals surface area (Å²) in [5, 5.41) is 9.70. The first-order valence-corrected chi connectivity index (χ1v) is 11.5. The van der Waals surface area contributed by atoms with Crippen molar-refractivity contribution in [2.75, 3.05) is 7.11 Å². The maximum Gasteiger partial charge on any atom is 0.573 e. The lowest BCUT2D eigenvalue weighted by Crippen LogP contribution is -2.23. The summed E-state index contributed by atoms with van der Waals surface area (Å²) in [6, 6.07) is 17.1. The van der Waals surface area contributed by atoms with Gasteiger partial charge in [-0.2, -0.15) is 0 Å². The fraction of sp³-hybridized carbons (Fsp3) is 0.214. The van der Waals surface area contributed by atoms with Crippen LogP contribution in [0, 0.1) is 6.92 Å². The summed E-state index contributed by atoms with van der Waals surface area (Å²) in [7, 11) is 1.51. The van der Waals surface area contributed by atoms with Crippen LogP contribution in [0.5, 0.6) is 17.2 Å². The van der Waals surface area contributed by atoms with Gasteiger partial charge in [0.1, 0.15) is 17.2 Å². The van der Waals surface area contributed by atoms with Gasteiger partial charge in [-0.15, -0.1) is 13.2 Å². The molecule has 3 aromatic carbocycles. The summed E-state index contributed by atoms with van der Waals surface area (Å²) in [4.78, 5) is 24.9. The van der Waals surface area contributed by atoms with Gasteiger partial charge in [0.05, 0.1) is 24.7 Å². The SMILES string of the molecule is COc1ccc(C(=O)c2c(C)n(Cc3ccccc3O[C@H](C)C(=O)O)c3cc(OC(F)(F)F)ccc23)cc1. The van der Waals surface area contributed by atoms with E-state index in [1.54, 1.807) is 60.0 Å². The number of halogens is 3. The monoisotopic (exact) mass is 527 g/mol. The number of methoxy groups -OCH3 is 1. The largest absolute Gasteiger partial charge is 0.573 e. The van der Waals surface area contributed by atoms with Crippen molar-refractivity contribution in [3.8, 4) is 17.2 Å². The Morgan fingerprint density at radius 3 is 2.29 bits per heavy atom. The Balaban J connectivity index is 1.85. The van der Waals surface area contributed by atoms with E-state index in [4.69, 9.17) is 9.47 Å². The molecular weight excluding hydrogens is 503 g/mol. The molecule has 0 radical (unpaired) electrons. The molecule has 4 rings (SSSR count). The predicted molar refractivity (Wildman–Crippen MR) is 133 cm³/mol. The number of ether oxygens (including phenoxy) is 3. The number of aromatic nitrogens is 1. The number of alkyl halides is 3. The van der Waals surface area contributed by atoms with E-state index in [1.165, 1.54) is 26.2 Å². The lowest BCUT2D eigenvalue weighted by Gasteiger charge is -2.16. The molecule has 1 aromatic heterocycles. The van der Waals surface area contributed by atoms with Gasteiger partial charge in [-0.1, -0.05) is 18.2 Å². The van der Waals surface area contributed by atoms with Crippen LogP contribution in [-0.4, -0.2) is 41.0 Å². The average molecular weight is 527 g/mol. The van der Waals surface area contributed by atoms with Gasteiger partial charge in [0, 0.05) is 28.3 Å². The standard InChI is InChI=1S/C28H24F3NO6/c1-16-25(26(33)18-8-10-20(36-3)11-9-18)22-13-12-21(38-28(29,30)31)14-23(22)32(16)15-19-6-4-5-7-24(19)37-17(2)27(34)35/h4-14,17H,15H2,1-3H3,(H,34,35)/t17-/m1/s1. The maximum atomic E-state index is 13.6. The quantitative estimate of drug-likeness (QED) is 0.269. The molecule has 0 aliphatic rings. The molecular formula is C28H24F3NO6. The summed E-state index contributed by atoms with van der Waals surface area (Å²) in [6.45, 7) is 3.18. The molecule has 198 valence electrons. The van der Waals surface area contributed by atoms with Crippen LogP contribution in [0.2, 0.25) is 0 Å². The number of hydrogen-bond donors (Lipinski definition) is 1. The highest BCUT2D eigenvalue weighted by atomic mass is 19.4. The normalized spacial score (nSPS) is 12.3. The number of aliphatic carboxylic acids is 1. The number of carbonyl (C=O) groups is 2. The summed E-state index contributed by atoms with van der Waals surface area (Å²) < 4.78 is 55.5. The van der Waals surface area contributed by atoms with Crippen LogP contribution in [0.3, 0.4) is 0 Å². The highest BCUT2D eigenvalue weighted by molar-refractivity contribution is 6.17. The van der Waals surface area contributed by atoms with E-state index < -0.39 is 24.2 Å². The Kier molecular flexibility index (Phi) is 7.34. The van der Waals surface area contributed by atoms with Crippen LogP contribution in [0.1, 0.15) is 34.1 Å². The van der Waals surface area contributed by atoms with E-state index in [1.807, 2.05) is 0 Å². The molecule has 0 aliphatic carbocycles. The number of benzene rings is 3. The fourth-order valence-electron chi connectivity index (χ4n) is 4.19. The molecule has 0 saturated carbocycles. The fourth-order valence-corrected chi connectivity index (χ4v) is 4.19. The Morgan fingerprint density at radius 1 is 1.00 bits per heavy atom. The first kappa shape index (κ1) is 26.6. The molecule has 0 saturated heterocycles. The smallest absolute Gasteiger partial charge is 0.497 e. The summed E-state index contributed by atoms with van der Waals surface area (Å²) >= 11 is 0. The van der Waals surface area contributed by atoms with E-state index in [9.17, 15) is 27.9 Å². The van der Waals surface area contributed by atoms with Crippen molar-refractivity contribution in [1.29, 1.82) is 0 Å². The van der Waals surface area contributed by atoms with Gasteiger partial charge in [-0.3, -0.25) is 4.79 Å². The van der Waals surface area contributed by atoms with Crippen LogP contribution < -0.4 is 14.2 Å². The van der Waals surface area contributed by atoms with Gasteiger partial charge in [0.25, 0.3) is 0 Å². The highest BCUT2D eigenvalue weighted by Gasteiger charge is 2.32. The van der Waals surface area contributed by atoms with Gasteiger partial charge in [0.15, 0.2) is 11.9 Å². The van der Waals surface area contributed by atoms with Gasteiger partial charge < -0.3 is 23.9 Å². The lowest BCUT2D eigenvalue weighted by molar-refractivity contribution is -0.274. The third kappa shape index (κ3) is 5.59. The minimum absolute atomic E-state index is 0.0935. The summed E-state index contributed by atoms with van der Waals surface area (Å²) in [5.41, 5.74) is 2.11. The number of ketones is 1. The molecule has 10 heteroatoms. The van der Waals surface area contributed by atoms with E-state index in [0.717, 1.165) is 6.07 Å². The molecule has 7 nitrogen and oxygen atoms in total. The summed E-state index contributed by atoms with van der Waals surface area (Å²) in [6.07, 6.45) is -6.02. The highest BCUT2D eigenvalue weighted by Crippen LogP contribution is 2.34. The second-order valence-corrected chi connectivity index (χ2v) is 8.54. The van der Waals surface area contributed by atoms with E-state index >= 15 is 0 Å². The number of carboxylic acids is 1. The van der Waals surface area contributed by atoms with E-state index in [2.05, 4.69) is 4.74 Å². The molecule has 0 unspecified atom stereocenters. The van der Waals surface area contributed by atoms with Crippen molar-refractivity contribution in [2.24, 2.45) is 0 Å². The third-order valence-corrected chi connectivity index (χ3v) is 6.06. The third-order valence-electron chi connectivity index (χ3n) is 6.06. The van der Waals surface area contributed by atoms with E-state index in [0.29, 0.717) is 44.8 Å². The Labute approximate surface area is 216 Å². The van der Waals surface area contributed by atoms with Crippen molar-refractivity contribution in [2.45, 2.75) is 32.9 Å². The Morgan fingerprint density at radius 2 is 1.66 bits per heavy atom. The first-order chi connectivity index (χ1) is 18.0. The van der Waals surface area contributed by atoms with Crippen LogP contribution in [0.15, 0.2) is 66.7 Å². The molecule has 0 spiro atoms. The predicted octanol–water partition coefficient (Wildman–Crippen LogP) is 5.99. The zero-order valence-corrected chi connectivity index (χ0v) is 20.7. The molecule has 38 heavy (non-hydrogen) atoms. The molecule has 0 fully saturated rings. The molecule has 0 amide bonds. The second kappa shape index (κ2) is 10.5. The van der Waals surface area contributed by atoms with Gasteiger partial charge in [0.2, 0.25) is 0 Å². The van der Waals surface area contributed by atoms with E-state index in [-0.39, 0.29) is 12.3 Å².